The SMILES string of the molecule is Cc1nc(SCC(=O)NC(c2ccccc2)c2cccs2)c2c(C)c(C)sc2n1. The Hall–Kier alpha value is -2.22. The molecule has 1 unspecified atom stereocenters. The zero-order valence-corrected chi connectivity index (χ0v) is 18.9. The predicted octanol–water partition coefficient (Wildman–Crippen LogP) is 5.68. The average Bonchev–Trinajstić information content (AvgIpc) is 3.33. The summed E-state index contributed by atoms with van der Waals surface area (Å²) in [7, 11) is 0. The molecule has 1 aromatic carbocycles. The van der Waals surface area contributed by atoms with Crippen molar-refractivity contribution in [1.82, 2.24) is 15.3 Å². The summed E-state index contributed by atoms with van der Waals surface area (Å²) in [5.41, 5.74) is 2.28. The van der Waals surface area contributed by atoms with Gasteiger partial charge >= 0.3 is 0 Å². The maximum absolute atomic E-state index is 12.8. The number of hydrogen-bond acceptors (Lipinski definition) is 6. The van der Waals surface area contributed by atoms with Crippen LogP contribution in [-0.2, 0) is 4.79 Å². The molecule has 148 valence electrons. The summed E-state index contributed by atoms with van der Waals surface area (Å²) in [6, 6.07) is 14.0. The second-order valence-corrected chi connectivity index (χ2v) is 9.90. The summed E-state index contributed by atoms with van der Waals surface area (Å²) >= 11 is 4.82. The summed E-state index contributed by atoms with van der Waals surface area (Å²) in [5.74, 6) is 1.04. The summed E-state index contributed by atoms with van der Waals surface area (Å²) in [6.07, 6.45) is 0. The van der Waals surface area contributed by atoms with Crippen LogP contribution in [0.3, 0.4) is 0 Å². The van der Waals surface area contributed by atoms with Gasteiger partial charge in [0.15, 0.2) is 0 Å². The number of aromatic nitrogens is 2. The Balaban J connectivity index is 1.53. The van der Waals surface area contributed by atoms with Crippen molar-refractivity contribution in [3.8, 4) is 0 Å². The molecule has 0 radical (unpaired) electrons. The standard InChI is InChI=1S/C22H21N3OS3/c1-13-14(2)29-22-19(13)21(23-15(3)24-22)28-12-18(26)25-20(17-10-7-11-27-17)16-8-5-4-6-9-16/h4-11,20H,12H2,1-3H3,(H,25,26). The molecular weight excluding hydrogens is 418 g/mol. The van der Waals surface area contributed by atoms with Gasteiger partial charge < -0.3 is 5.32 Å². The first-order valence-electron chi connectivity index (χ1n) is 9.28. The Labute approximate surface area is 182 Å². The van der Waals surface area contributed by atoms with E-state index in [1.54, 1.807) is 22.7 Å². The Morgan fingerprint density at radius 2 is 1.90 bits per heavy atom. The lowest BCUT2D eigenvalue weighted by atomic mass is 10.1. The van der Waals surface area contributed by atoms with Crippen LogP contribution in [0.2, 0.25) is 0 Å². The first kappa shape index (κ1) is 20.1. The zero-order valence-electron chi connectivity index (χ0n) is 16.4. The molecule has 1 atom stereocenters. The van der Waals surface area contributed by atoms with E-state index in [0.29, 0.717) is 5.75 Å². The van der Waals surface area contributed by atoms with Crippen molar-refractivity contribution in [3.05, 3.63) is 74.6 Å². The van der Waals surface area contributed by atoms with E-state index in [4.69, 9.17) is 0 Å². The molecule has 4 rings (SSSR count). The first-order chi connectivity index (χ1) is 14.0. The lowest BCUT2D eigenvalue weighted by Crippen LogP contribution is -2.30. The van der Waals surface area contributed by atoms with E-state index in [0.717, 1.165) is 31.5 Å². The molecule has 1 N–H and O–H groups in total. The van der Waals surface area contributed by atoms with Crippen LogP contribution in [0.1, 0.15) is 32.7 Å². The highest BCUT2D eigenvalue weighted by molar-refractivity contribution is 8.00. The topological polar surface area (TPSA) is 54.9 Å². The van der Waals surface area contributed by atoms with E-state index in [1.807, 2.05) is 48.7 Å². The Kier molecular flexibility index (Phi) is 5.99. The highest BCUT2D eigenvalue weighted by atomic mass is 32.2. The lowest BCUT2D eigenvalue weighted by Gasteiger charge is -2.18. The molecule has 0 saturated carbocycles. The van der Waals surface area contributed by atoms with Crippen LogP contribution < -0.4 is 5.32 Å². The van der Waals surface area contributed by atoms with E-state index < -0.39 is 0 Å². The molecule has 0 aliphatic heterocycles. The molecule has 4 aromatic rings. The summed E-state index contributed by atoms with van der Waals surface area (Å²) in [5, 5.41) is 7.20. The summed E-state index contributed by atoms with van der Waals surface area (Å²) in [4.78, 5) is 25.4. The van der Waals surface area contributed by atoms with E-state index in [-0.39, 0.29) is 11.9 Å². The second kappa shape index (κ2) is 8.65. The fourth-order valence-electron chi connectivity index (χ4n) is 3.18. The van der Waals surface area contributed by atoms with Crippen molar-refractivity contribution >= 4 is 50.6 Å². The first-order valence-corrected chi connectivity index (χ1v) is 12.0. The molecule has 0 fully saturated rings. The molecule has 0 aliphatic carbocycles. The number of carbonyl (C=O) groups excluding carboxylic acids is 1. The number of thiophene rings is 2. The molecule has 29 heavy (non-hydrogen) atoms. The number of nitrogens with zero attached hydrogens (tertiary/aromatic N) is 2. The molecule has 0 bridgehead atoms. The normalized spacial score (nSPS) is 12.2. The van der Waals surface area contributed by atoms with Gasteiger partial charge in [0.25, 0.3) is 0 Å². The number of carbonyl (C=O) groups is 1. The van der Waals surface area contributed by atoms with Crippen LogP contribution >= 0.6 is 34.4 Å². The molecule has 1 amide bonds. The maximum atomic E-state index is 12.8. The van der Waals surface area contributed by atoms with Crippen LogP contribution in [0.25, 0.3) is 10.2 Å². The highest BCUT2D eigenvalue weighted by Crippen LogP contribution is 2.35. The molecule has 7 heteroatoms. The fraction of sp³-hybridized carbons (Fsp3) is 0.227. The summed E-state index contributed by atoms with van der Waals surface area (Å²) in [6.45, 7) is 6.10. The molecule has 0 spiro atoms. The molecule has 3 heterocycles. The number of rotatable bonds is 6. The molecular formula is C22H21N3OS3. The molecule has 3 aromatic heterocycles. The monoisotopic (exact) mass is 439 g/mol. The van der Waals surface area contributed by atoms with Crippen molar-refractivity contribution in [2.24, 2.45) is 0 Å². The van der Waals surface area contributed by atoms with Crippen LogP contribution in [0.4, 0.5) is 0 Å². The van der Waals surface area contributed by atoms with Crippen LogP contribution in [0.5, 0.6) is 0 Å². The van der Waals surface area contributed by atoms with E-state index in [9.17, 15) is 4.79 Å². The largest absolute Gasteiger partial charge is 0.344 e. The van der Waals surface area contributed by atoms with Gasteiger partial charge in [-0.15, -0.1) is 22.7 Å². The second-order valence-electron chi connectivity index (χ2n) is 6.75. The number of thioether (sulfide) groups is 1. The third-order valence-electron chi connectivity index (χ3n) is 4.71. The Morgan fingerprint density at radius 3 is 2.62 bits per heavy atom. The van der Waals surface area contributed by atoms with Gasteiger partial charge in [-0.05, 0) is 43.3 Å². The van der Waals surface area contributed by atoms with Gasteiger partial charge in [0.05, 0.1) is 11.8 Å². The lowest BCUT2D eigenvalue weighted by molar-refractivity contribution is -0.119. The molecule has 0 saturated heterocycles. The number of aryl methyl sites for hydroxylation is 3. The minimum Gasteiger partial charge on any atom is -0.344 e. The van der Waals surface area contributed by atoms with Gasteiger partial charge in [-0.3, -0.25) is 4.79 Å². The average molecular weight is 440 g/mol. The number of benzene rings is 1. The zero-order chi connectivity index (χ0) is 20.4. The van der Waals surface area contributed by atoms with Gasteiger partial charge in [-0.2, -0.15) is 0 Å². The minimum absolute atomic E-state index is 0.00808. The Bertz CT molecular complexity index is 1140. The van der Waals surface area contributed by atoms with Crippen molar-refractivity contribution < 1.29 is 4.79 Å². The van der Waals surface area contributed by atoms with Gasteiger partial charge in [0.2, 0.25) is 5.91 Å². The minimum atomic E-state index is -0.137. The summed E-state index contributed by atoms with van der Waals surface area (Å²) < 4.78 is 0. The van der Waals surface area contributed by atoms with Gasteiger partial charge in [-0.1, -0.05) is 48.2 Å². The number of amides is 1. The van der Waals surface area contributed by atoms with E-state index >= 15 is 0 Å². The van der Waals surface area contributed by atoms with E-state index in [1.165, 1.54) is 22.2 Å². The van der Waals surface area contributed by atoms with Crippen LogP contribution in [0.15, 0.2) is 52.9 Å². The highest BCUT2D eigenvalue weighted by Gasteiger charge is 2.19. The number of fused-ring (bicyclic) bond motifs is 1. The van der Waals surface area contributed by atoms with Crippen molar-refractivity contribution in [2.75, 3.05) is 5.75 Å². The molecule has 0 aliphatic rings. The van der Waals surface area contributed by atoms with Gasteiger partial charge in [-0.25, -0.2) is 9.97 Å². The van der Waals surface area contributed by atoms with Gasteiger partial charge in [0.1, 0.15) is 15.7 Å². The van der Waals surface area contributed by atoms with Crippen molar-refractivity contribution in [3.63, 3.8) is 0 Å². The van der Waals surface area contributed by atoms with Crippen LogP contribution in [0, 0.1) is 20.8 Å². The maximum Gasteiger partial charge on any atom is 0.231 e. The fourth-order valence-corrected chi connectivity index (χ4v) is 6.06. The van der Waals surface area contributed by atoms with Crippen molar-refractivity contribution in [2.45, 2.75) is 31.8 Å². The van der Waals surface area contributed by atoms with E-state index in [2.05, 4.69) is 35.2 Å². The molecule has 4 nitrogen and oxygen atoms in total. The third-order valence-corrected chi connectivity index (χ3v) is 7.73. The van der Waals surface area contributed by atoms with Crippen LogP contribution in [-0.4, -0.2) is 21.6 Å². The Morgan fingerprint density at radius 1 is 1.10 bits per heavy atom. The quantitative estimate of drug-likeness (QED) is 0.310. The smallest absolute Gasteiger partial charge is 0.231 e. The predicted molar refractivity (Wildman–Crippen MR) is 123 cm³/mol. The third kappa shape index (κ3) is 4.37. The van der Waals surface area contributed by atoms with Crippen molar-refractivity contribution in [1.29, 1.82) is 0 Å². The van der Waals surface area contributed by atoms with Gasteiger partial charge in [0, 0.05) is 15.1 Å². The number of hydrogen-bond donors (Lipinski definition) is 1. The number of nitrogens with one attached hydrogen (secondary N) is 1.